The second kappa shape index (κ2) is 48.1. The van der Waals surface area contributed by atoms with Gasteiger partial charge in [-0.05, 0) is 109 Å². The monoisotopic (exact) mass is 1020 g/mol. The molecule has 0 aromatic heterocycles. The highest BCUT2D eigenvalue weighted by atomic mass is 16.7. The van der Waals surface area contributed by atoms with E-state index in [0.717, 1.165) is 109 Å². The predicted molar refractivity (Wildman–Crippen MR) is 293 cm³/mol. The van der Waals surface area contributed by atoms with Crippen LogP contribution in [0.1, 0.15) is 188 Å². The lowest BCUT2D eigenvalue weighted by atomic mass is 9.98. The third-order valence-corrected chi connectivity index (χ3v) is 11.5. The van der Waals surface area contributed by atoms with Gasteiger partial charge in [-0.25, -0.2) is 4.79 Å². The van der Waals surface area contributed by atoms with Crippen molar-refractivity contribution in [2.45, 2.75) is 225 Å². The summed E-state index contributed by atoms with van der Waals surface area (Å²) in [5.41, 5.74) is 0. The Bertz CT molecular complexity index is 1730. The maximum Gasteiger partial charge on any atom is 0.335 e. The maximum atomic E-state index is 13.1. The van der Waals surface area contributed by atoms with E-state index in [2.05, 4.69) is 124 Å². The molecule has 6 unspecified atom stereocenters. The van der Waals surface area contributed by atoms with Crippen LogP contribution in [0.25, 0.3) is 0 Å². The Morgan fingerprint density at radius 3 is 1.40 bits per heavy atom. The molecule has 1 rings (SSSR count). The molecular formula is C61H94O12. The number of carbonyl (C=O) groups excluding carboxylic acids is 3. The number of allylic oxidation sites excluding steroid dienone is 19. The molecule has 1 fully saturated rings. The Hall–Kier alpha value is -4.88. The molecule has 0 bridgehead atoms. The fourth-order valence-corrected chi connectivity index (χ4v) is 7.37. The number of aliphatic hydroxyl groups excluding tert-OH is 2. The van der Waals surface area contributed by atoms with E-state index in [1.807, 2.05) is 12.2 Å². The largest absolute Gasteiger partial charge is 0.479 e. The summed E-state index contributed by atoms with van der Waals surface area (Å²) >= 11 is 0. The Labute approximate surface area is 439 Å². The molecule has 0 aromatic rings. The highest BCUT2D eigenvalue weighted by Gasteiger charge is 2.50. The summed E-state index contributed by atoms with van der Waals surface area (Å²) in [7, 11) is 0. The lowest BCUT2D eigenvalue weighted by Gasteiger charge is -2.40. The molecule has 410 valence electrons. The minimum atomic E-state index is -1.93. The van der Waals surface area contributed by atoms with Crippen molar-refractivity contribution in [2.75, 3.05) is 13.2 Å². The predicted octanol–water partition coefficient (Wildman–Crippen LogP) is 13.7. The fourth-order valence-electron chi connectivity index (χ4n) is 7.37. The van der Waals surface area contributed by atoms with E-state index < -0.39 is 67.3 Å². The van der Waals surface area contributed by atoms with E-state index >= 15 is 0 Å². The summed E-state index contributed by atoms with van der Waals surface area (Å²) in [6, 6.07) is 0. The molecule has 1 heterocycles. The minimum absolute atomic E-state index is 0.0256. The van der Waals surface area contributed by atoms with Gasteiger partial charge in [0.25, 0.3) is 0 Å². The van der Waals surface area contributed by atoms with Gasteiger partial charge >= 0.3 is 23.9 Å². The molecule has 0 saturated carbocycles. The number of carbonyl (C=O) groups is 4. The molecule has 0 aromatic carbocycles. The zero-order valence-electron chi connectivity index (χ0n) is 44.8. The summed E-state index contributed by atoms with van der Waals surface area (Å²) in [5, 5.41) is 31.4. The first kappa shape index (κ1) is 66.1. The fraction of sp³-hybridized carbons (Fsp3) is 0.607. The Kier molecular flexibility index (Phi) is 43.6. The molecule has 6 atom stereocenters. The van der Waals surface area contributed by atoms with E-state index in [0.29, 0.717) is 19.3 Å². The van der Waals surface area contributed by atoms with Crippen LogP contribution in [0.5, 0.6) is 0 Å². The van der Waals surface area contributed by atoms with Crippen molar-refractivity contribution in [3.63, 3.8) is 0 Å². The first-order valence-electron chi connectivity index (χ1n) is 27.5. The molecule has 0 amide bonds. The molecular weight excluding hydrogens is 925 g/mol. The van der Waals surface area contributed by atoms with E-state index in [1.165, 1.54) is 19.3 Å². The molecule has 0 spiro atoms. The van der Waals surface area contributed by atoms with Crippen molar-refractivity contribution in [2.24, 2.45) is 0 Å². The Morgan fingerprint density at radius 1 is 0.479 bits per heavy atom. The number of unbranched alkanes of at least 4 members (excludes halogenated alkanes) is 11. The lowest BCUT2D eigenvalue weighted by molar-refractivity contribution is -0.301. The van der Waals surface area contributed by atoms with Gasteiger partial charge < -0.3 is 39.0 Å². The molecule has 12 nitrogen and oxygen atoms in total. The minimum Gasteiger partial charge on any atom is -0.479 e. The van der Waals surface area contributed by atoms with Crippen molar-refractivity contribution in [1.29, 1.82) is 0 Å². The zero-order chi connectivity index (χ0) is 53.3. The summed E-state index contributed by atoms with van der Waals surface area (Å²) < 4.78 is 28.2. The third-order valence-electron chi connectivity index (χ3n) is 11.5. The van der Waals surface area contributed by atoms with Crippen molar-refractivity contribution in [1.82, 2.24) is 0 Å². The van der Waals surface area contributed by atoms with Gasteiger partial charge in [0.2, 0.25) is 0 Å². The average Bonchev–Trinajstić information content (AvgIpc) is 3.37. The Morgan fingerprint density at radius 2 is 0.904 bits per heavy atom. The van der Waals surface area contributed by atoms with Gasteiger partial charge in [0, 0.05) is 12.8 Å². The van der Waals surface area contributed by atoms with Crippen LogP contribution < -0.4 is 0 Å². The number of ether oxygens (including phenoxy) is 5. The second-order valence-electron chi connectivity index (χ2n) is 18.1. The molecule has 3 N–H and O–H groups in total. The number of carboxylic acid groups (broad SMARTS) is 1. The molecule has 0 radical (unpaired) electrons. The number of rotatable bonds is 44. The van der Waals surface area contributed by atoms with Crippen molar-refractivity contribution >= 4 is 23.9 Å². The zero-order valence-corrected chi connectivity index (χ0v) is 44.8. The van der Waals surface area contributed by atoms with Gasteiger partial charge in [-0.3, -0.25) is 14.4 Å². The molecule has 1 saturated heterocycles. The van der Waals surface area contributed by atoms with Gasteiger partial charge in [0.1, 0.15) is 18.8 Å². The van der Waals surface area contributed by atoms with Crippen molar-refractivity contribution < 1.29 is 58.2 Å². The summed E-state index contributed by atoms with van der Waals surface area (Å²) in [6.07, 6.45) is 53.5. The van der Waals surface area contributed by atoms with Gasteiger partial charge in [0.15, 0.2) is 24.6 Å². The molecule has 73 heavy (non-hydrogen) atoms. The molecule has 12 heteroatoms. The van der Waals surface area contributed by atoms with E-state index in [-0.39, 0.29) is 25.9 Å². The van der Waals surface area contributed by atoms with Crippen LogP contribution in [0.2, 0.25) is 0 Å². The van der Waals surface area contributed by atoms with Crippen LogP contribution in [0.4, 0.5) is 0 Å². The quantitative estimate of drug-likeness (QED) is 0.0228. The molecule has 1 aliphatic heterocycles. The Balaban J connectivity index is 2.80. The molecule has 0 aliphatic carbocycles. The summed E-state index contributed by atoms with van der Waals surface area (Å²) in [4.78, 5) is 50.9. The smallest absolute Gasteiger partial charge is 0.335 e. The highest BCUT2D eigenvalue weighted by molar-refractivity contribution is 5.74. The van der Waals surface area contributed by atoms with Gasteiger partial charge in [-0.1, -0.05) is 181 Å². The van der Waals surface area contributed by atoms with E-state index in [9.17, 15) is 34.5 Å². The first-order valence-corrected chi connectivity index (χ1v) is 27.5. The van der Waals surface area contributed by atoms with Crippen LogP contribution in [0, 0.1) is 0 Å². The van der Waals surface area contributed by atoms with Crippen LogP contribution in [-0.2, 0) is 42.9 Å². The van der Waals surface area contributed by atoms with Crippen LogP contribution in [0.15, 0.2) is 122 Å². The third kappa shape index (κ3) is 38.4. The highest BCUT2D eigenvalue weighted by Crippen LogP contribution is 2.26. The maximum absolute atomic E-state index is 13.1. The lowest BCUT2D eigenvalue weighted by Crippen LogP contribution is -2.61. The SMILES string of the molecule is CC/C=C\C/C=C\C/C=C\C/C=C\C/C=C\CC(=O)OCC(COC1OC(C(=O)O)C(O)C(O)C1OC(=O)CCCCCCC/C=C\C/C=C\CCCCC)OC(=O)CCCCC/C=C\C/C=C\C/C=C\CC. The topological polar surface area (TPSA) is 175 Å². The first-order chi connectivity index (χ1) is 35.6. The number of carboxylic acids is 1. The number of esters is 3. The van der Waals surface area contributed by atoms with Gasteiger partial charge in [-0.2, -0.15) is 0 Å². The standard InChI is InChI=1S/C61H94O12/c1-4-7-10-13-16-19-22-25-27-30-32-35-38-41-44-47-53(62)69-50-52(71-54(63)48-45-42-39-36-33-29-24-21-18-15-12-9-6-3)51-70-61-59(57(66)56(65)58(73-61)60(67)68)72-55(64)49-46-43-40-37-34-31-28-26-23-20-17-14-11-8-5-2/h7,9-10,12,16-21,25-29,32-33,35,41,44,52,56-59,61,65-66H,4-6,8,11,13-15,22-24,30-31,34,36-40,42-43,45-51H2,1-3H3,(H,67,68)/b10-7-,12-9-,19-16-,20-17-,21-18-,27-25-,28-26-,33-29-,35-32-,44-41-. The number of hydrogen-bond donors (Lipinski definition) is 3. The van der Waals surface area contributed by atoms with Crippen molar-refractivity contribution in [3.05, 3.63) is 122 Å². The average molecular weight is 1020 g/mol. The number of aliphatic carboxylic acids is 1. The van der Waals surface area contributed by atoms with Gasteiger partial charge in [0.05, 0.1) is 13.0 Å². The second-order valence-corrected chi connectivity index (χ2v) is 18.1. The molecule has 1 aliphatic rings. The number of aliphatic hydroxyl groups is 2. The van der Waals surface area contributed by atoms with E-state index in [1.54, 1.807) is 6.08 Å². The van der Waals surface area contributed by atoms with E-state index in [4.69, 9.17) is 23.7 Å². The summed E-state index contributed by atoms with van der Waals surface area (Å²) in [6.45, 7) is 5.58. The van der Waals surface area contributed by atoms with Gasteiger partial charge in [-0.15, -0.1) is 0 Å². The van der Waals surface area contributed by atoms with Crippen molar-refractivity contribution in [3.8, 4) is 0 Å². The van der Waals surface area contributed by atoms with Crippen LogP contribution in [-0.4, -0.2) is 89.2 Å². The van der Waals surface area contributed by atoms with Crippen LogP contribution in [0.3, 0.4) is 0 Å². The summed E-state index contributed by atoms with van der Waals surface area (Å²) in [5.74, 6) is -3.37. The number of hydrogen-bond acceptors (Lipinski definition) is 11. The van der Waals surface area contributed by atoms with Crippen LogP contribution >= 0.6 is 0 Å². The normalized spacial score (nSPS) is 19.3.